The molecule has 0 bridgehead atoms. The fraction of sp³-hybridized carbons (Fsp3) is 0.500. The molecule has 1 aliphatic heterocycles. The number of hydrogen-bond acceptors (Lipinski definition) is 4. The van der Waals surface area contributed by atoms with Gasteiger partial charge in [-0.15, -0.1) is 0 Å². The second-order valence-corrected chi connectivity index (χ2v) is 6.66. The summed E-state index contributed by atoms with van der Waals surface area (Å²) in [5, 5.41) is 0. The van der Waals surface area contributed by atoms with Gasteiger partial charge in [-0.1, -0.05) is 6.07 Å². The molecule has 0 aromatic carbocycles. The van der Waals surface area contributed by atoms with E-state index in [1.54, 1.807) is 12.3 Å². The van der Waals surface area contributed by atoms with Gasteiger partial charge in [-0.2, -0.15) is 0 Å². The molecule has 128 valence electrons. The monoisotopic (exact) mass is 327 g/mol. The Balaban J connectivity index is 1.80. The third-order valence-corrected chi connectivity index (χ3v) is 4.81. The van der Waals surface area contributed by atoms with Crippen molar-refractivity contribution in [2.45, 2.75) is 45.9 Å². The quantitative estimate of drug-likeness (QED) is 0.865. The minimum atomic E-state index is -0.0497. The van der Waals surface area contributed by atoms with E-state index < -0.39 is 0 Å². The van der Waals surface area contributed by atoms with E-state index in [0.717, 1.165) is 18.9 Å². The van der Waals surface area contributed by atoms with Crippen molar-refractivity contribution in [2.75, 3.05) is 13.6 Å². The minimum Gasteiger partial charge on any atom is -0.327 e. The highest BCUT2D eigenvalue weighted by Gasteiger charge is 2.31. The maximum atomic E-state index is 12.7. The number of carbonyl (C=O) groups is 1. The van der Waals surface area contributed by atoms with Gasteiger partial charge in [0.2, 0.25) is 0 Å². The smallest absolute Gasteiger partial charge is 0.273 e. The first kappa shape index (κ1) is 16.6. The van der Waals surface area contributed by atoms with E-state index in [-0.39, 0.29) is 11.9 Å². The SMILES string of the molecule is CC(C)N(C)Cc1cnc2n1CCN(C(=O)c1ccccn1)[C@H]2C. The van der Waals surface area contributed by atoms with Crippen LogP contribution in [0.1, 0.15) is 48.8 Å². The zero-order chi connectivity index (χ0) is 17.3. The Morgan fingerprint density at radius 1 is 1.33 bits per heavy atom. The molecule has 0 N–H and O–H groups in total. The Morgan fingerprint density at radius 2 is 2.12 bits per heavy atom. The van der Waals surface area contributed by atoms with Crippen LogP contribution in [0.2, 0.25) is 0 Å². The van der Waals surface area contributed by atoms with E-state index >= 15 is 0 Å². The Labute approximate surface area is 143 Å². The maximum absolute atomic E-state index is 12.7. The van der Waals surface area contributed by atoms with Gasteiger partial charge in [0, 0.05) is 38.1 Å². The number of pyridine rings is 1. The lowest BCUT2D eigenvalue weighted by molar-refractivity contribution is 0.0629. The first-order valence-corrected chi connectivity index (χ1v) is 8.45. The van der Waals surface area contributed by atoms with Crippen molar-refractivity contribution < 1.29 is 4.79 Å². The molecule has 0 unspecified atom stereocenters. The lowest BCUT2D eigenvalue weighted by Gasteiger charge is -2.34. The normalized spacial score (nSPS) is 17.4. The van der Waals surface area contributed by atoms with Crippen molar-refractivity contribution in [3.63, 3.8) is 0 Å². The van der Waals surface area contributed by atoms with Crippen LogP contribution in [0.5, 0.6) is 0 Å². The summed E-state index contributed by atoms with van der Waals surface area (Å²) < 4.78 is 2.26. The van der Waals surface area contributed by atoms with E-state index in [0.29, 0.717) is 18.3 Å². The zero-order valence-corrected chi connectivity index (χ0v) is 14.8. The van der Waals surface area contributed by atoms with Gasteiger partial charge in [0.25, 0.3) is 5.91 Å². The highest BCUT2D eigenvalue weighted by atomic mass is 16.2. The molecule has 3 heterocycles. The van der Waals surface area contributed by atoms with Crippen LogP contribution in [0.4, 0.5) is 0 Å². The van der Waals surface area contributed by atoms with Crippen molar-refractivity contribution in [1.82, 2.24) is 24.3 Å². The van der Waals surface area contributed by atoms with Gasteiger partial charge in [-0.05, 0) is 40.0 Å². The average molecular weight is 327 g/mol. The molecule has 0 radical (unpaired) electrons. The van der Waals surface area contributed by atoms with Crippen molar-refractivity contribution in [3.8, 4) is 0 Å². The number of hydrogen-bond donors (Lipinski definition) is 0. The molecular weight excluding hydrogens is 302 g/mol. The lowest BCUT2D eigenvalue weighted by Crippen LogP contribution is -2.42. The fourth-order valence-corrected chi connectivity index (χ4v) is 3.04. The summed E-state index contributed by atoms with van der Waals surface area (Å²) in [6.45, 7) is 8.73. The molecule has 0 saturated carbocycles. The Bertz CT molecular complexity index is 709. The molecule has 0 fully saturated rings. The van der Waals surface area contributed by atoms with Crippen LogP contribution in [-0.2, 0) is 13.1 Å². The van der Waals surface area contributed by atoms with E-state index in [4.69, 9.17) is 0 Å². The molecule has 1 aliphatic rings. The van der Waals surface area contributed by atoms with Crippen molar-refractivity contribution in [1.29, 1.82) is 0 Å². The minimum absolute atomic E-state index is 0.0294. The summed E-state index contributed by atoms with van der Waals surface area (Å²) in [5.41, 5.74) is 1.70. The third-order valence-electron chi connectivity index (χ3n) is 4.81. The van der Waals surface area contributed by atoms with Crippen LogP contribution in [0.3, 0.4) is 0 Å². The highest BCUT2D eigenvalue weighted by Crippen LogP contribution is 2.27. The molecule has 6 heteroatoms. The van der Waals surface area contributed by atoms with Crippen molar-refractivity contribution >= 4 is 5.91 Å². The van der Waals surface area contributed by atoms with Gasteiger partial charge in [-0.3, -0.25) is 14.7 Å². The fourth-order valence-electron chi connectivity index (χ4n) is 3.04. The van der Waals surface area contributed by atoms with Gasteiger partial charge in [0.1, 0.15) is 11.5 Å². The largest absolute Gasteiger partial charge is 0.327 e. The molecule has 1 amide bonds. The zero-order valence-electron chi connectivity index (χ0n) is 14.8. The first-order valence-electron chi connectivity index (χ1n) is 8.45. The van der Waals surface area contributed by atoms with Gasteiger partial charge in [-0.25, -0.2) is 4.98 Å². The van der Waals surface area contributed by atoms with Crippen LogP contribution in [0.25, 0.3) is 0 Å². The standard InChI is InChI=1S/C18H25N5O/c1-13(2)21(4)12-15-11-20-17-14(3)22(9-10-23(15)17)18(24)16-7-5-6-8-19-16/h5-8,11,13-14H,9-10,12H2,1-4H3/t14-/m0/s1. The molecule has 2 aromatic rings. The summed E-state index contributed by atoms with van der Waals surface area (Å²) in [6, 6.07) is 5.86. The average Bonchev–Trinajstić information content (AvgIpc) is 2.99. The second kappa shape index (κ2) is 6.73. The number of amides is 1. The number of imidazole rings is 1. The van der Waals surface area contributed by atoms with Gasteiger partial charge in [0.05, 0.1) is 11.7 Å². The maximum Gasteiger partial charge on any atom is 0.273 e. The third kappa shape index (κ3) is 3.06. The summed E-state index contributed by atoms with van der Waals surface area (Å²) >= 11 is 0. The summed E-state index contributed by atoms with van der Waals surface area (Å²) in [7, 11) is 2.12. The number of rotatable bonds is 4. The van der Waals surface area contributed by atoms with E-state index in [9.17, 15) is 4.79 Å². The molecule has 6 nitrogen and oxygen atoms in total. The summed E-state index contributed by atoms with van der Waals surface area (Å²) in [4.78, 5) is 25.6. The van der Waals surface area contributed by atoms with E-state index in [2.05, 4.69) is 40.3 Å². The summed E-state index contributed by atoms with van der Waals surface area (Å²) in [6.07, 6.45) is 3.60. The molecule has 0 spiro atoms. The Kier molecular flexibility index (Phi) is 4.66. The molecule has 3 rings (SSSR count). The Hall–Kier alpha value is -2.21. The second-order valence-electron chi connectivity index (χ2n) is 6.66. The first-order chi connectivity index (χ1) is 11.5. The highest BCUT2D eigenvalue weighted by molar-refractivity contribution is 5.92. The van der Waals surface area contributed by atoms with Crippen LogP contribution in [0, 0.1) is 0 Å². The molecular formula is C18H25N5O. The summed E-state index contributed by atoms with van der Waals surface area (Å²) in [5.74, 6) is 0.927. The van der Waals surface area contributed by atoms with Crippen LogP contribution >= 0.6 is 0 Å². The van der Waals surface area contributed by atoms with Crippen LogP contribution in [-0.4, -0.2) is 49.9 Å². The predicted molar refractivity (Wildman–Crippen MR) is 92.5 cm³/mol. The molecule has 2 aromatic heterocycles. The van der Waals surface area contributed by atoms with E-state index in [1.807, 2.05) is 30.2 Å². The van der Waals surface area contributed by atoms with Crippen molar-refractivity contribution in [3.05, 3.63) is 47.8 Å². The molecule has 0 saturated heterocycles. The van der Waals surface area contributed by atoms with Gasteiger partial charge < -0.3 is 9.47 Å². The van der Waals surface area contributed by atoms with Gasteiger partial charge >= 0.3 is 0 Å². The van der Waals surface area contributed by atoms with Gasteiger partial charge in [0.15, 0.2) is 0 Å². The topological polar surface area (TPSA) is 54.3 Å². The molecule has 0 aliphatic carbocycles. The number of fused-ring (bicyclic) bond motifs is 1. The number of nitrogens with zero attached hydrogens (tertiary/aromatic N) is 5. The van der Waals surface area contributed by atoms with Crippen molar-refractivity contribution in [2.24, 2.45) is 0 Å². The molecule has 24 heavy (non-hydrogen) atoms. The Morgan fingerprint density at radius 3 is 2.79 bits per heavy atom. The van der Waals surface area contributed by atoms with Crippen LogP contribution < -0.4 is 0 Å². The van der Waals surface area contributed by atoms with Crippen LogP contribution in [0.15, 0.2) is 30.6 Å². The van der Waals surface area contributed by atoms with E-state index in [1.165, 1.54) is 5.69 Å². The molecule has 1 atom stereocenters. The number of aromatic nitrogens is 3. The lowest BCUT2D eigenvalue weighted by atomic mass is 10.1. The predicted octanol–water partition coefficient (Wildman–Crippen LogP) is 2.34. The number of carbonyl (C=O) groups excluding carboxylic acids is 1.